The Morgan fingerprint density at radius 1 is 1.32 bits per heavy atom. The number of carboxylic acids is 1. The van der Waals surface area contributed by atoms with Gasteiger partial charge in [-0.1, -0.05) is 30.3 Å². The molecule has 0 saturated heterocycles. The van der Waals surface area contributed by atoms with Gasteiger partial charge in [0.2, 0.25) is 5.91 Å². The zero-order valence-electron chi connectivity index (χ0n) is 10.5. The zero-order valence-corrected chi connectivity index (χ0v) is 10.5. The monoisotopic (exact) mass is 266 g/mol. The van der Waals surface area contributed by atoms with Crippen molar-refractivity contribution in [1.82, 2.24) is 5.32 Å². The van der Waals surface area contributed by atoms with E-state index in [0.29, 0.717) is 13.2 Å². The van der Waals surface area contributed by atoms with Crippen LogP contribution in [-0.4, -0.2) is 36.7 Å². The molecule has 0 heterocycles. The van der Waals surface area contributed by atoms with E-state index in [2.05, 4.69) is 5.32 Å². The molecule has 19 heavy (non-hydrogen) atoms. The molecule has 0 radical (unpaired) electrons. The number of nitrogens with two attached hydrogens (primary N) is 1. The van der Waals surface area contributed by atoms with Crippen LogP contribution in [0.15, 0.2) is 30.3 Å². The molecule has 6 nitrogen and oxygen atoms in total. The Labute approximate surface area is 111 Å². The summed E-state index contributed by atoms with van der Waals surface area (Å²) in [7, 11) is 0. The van der Waals surface area contributed by atoms with Crippen molar-refractivity contribution in [2.45, 2.75) is 12.5 Å². The van der Waals surface area contributed by atoms with Gasteiger partial charge in [0.15, 0.2) is 0 Å². The van der Waals surface area contributed by atoms with E-state index in [-0.39, 0.29) is 18.9 Å². The van der Waals surface area contributed by atoms with Gasteiger partial charge in [-0.3, -0.25) is 9.59 Å². The van der Waals surface area contributed by atoms with Gasteiger partial charge in [0.1, 0.15) is 6.61 Å². The second-order valence-electron chi connectivity index (χ2n) is 3.97. The molecule has 6 heteroatoms. The highest BCUT2D eigenvalue weighted by Crippen LogP contribution is 2.16. The second-order valence-corrected chi connectivity index (χ2v) is 3.97. The van der Waals surface area contributed by atoms with Crippen LogP contribution in [0.5, 0.6) is 0 Å². The van der Waals surface area contributed by atoms with Crippen LogP contribution >= 0.6 is 0 Å². The Morgan fingerprint density at radius 3 is 2.58 bits per heavy atom. The molecule has 104 valence electrons. The number of ether oxygens (including phenoxy) is 1. The number of hydrogen-bond donors (Lipinski definition) is 3. The maximum atomic E-state index is 11.6. The van der Waals surface area contributed by atoms with E-state index in [4.69, 9.17) is 15.6 Å². The third-order valence-corrected chi connectivity index (χ3v) is 2.41. The first-order chi connectivity index (χ1) is 9.13. The number of carbonyl (C=O) groups is 2. The van der Waals surface area contributed by atoms with Crippen molar-refractivity contribution in [3.05, 3.63) is 35.9 Å². The molecule has 0 bridgehead atoms. The number of hydrogen-bond acceptors (Lipinski definition) is 4. The van der Waals surface area contributed by atoms with Gasteiger partial charge in [-0.25, -0.2) is 0 Å². The van der Waals surface area contributed by atoms with E-state index in [1.165, 1.54) is 0 Å². The average molecular weight is 266 g/mol. The predicted octanol–water partition coefficient (Wildman–Crippen LogP) is 0.294. The fourth-order valence-electron chi connectivity index (χ4n) is 1.60. The Kier molecular flexibility index (Phi) is 6.56. The molecule has 0 aromatic heterocycles. The molecule has 0 aliphatic rings. The van der Waals surface area contributed by atoms with Crippen molar-refractivity contribution in [3.8, 4) is 0 Å². The largest absolute Gasteiger partial charge is 0.481 e. The third-order valence-electron chi connectivity index (χ3n) is 2.41. The fourth-order valence-corrected chi connectivity index (χ4v) is 1.60. The first kappa shape index (κ1) is 15.1. The van der Waals surface area contributed by atoms with Crippen LogP contribution in [0.25, 0.3) is 0 Å². The lowest BCUT2D eigenvalue weighted by atomic mass is 10.0. The summed E-state index contributed by atoms with van der Waals surface area (Å²) in [6, 6.07) is 8.40. The standard InChI is InChI=1S/C13H18N2O4/c14-6-7-19-9-12(16)15-11(8-13(17)18)10-4-2-1-3-5-10/h1-5,11H,6-9,14H2,(H,15,16)(H,17,18). The maximum Gasteiger partial charge on any atom is 0.305 e. The van der Waals surface area contributed by atoms with E-state index in [0.717, 1.165) is 5.56 Å². The van der Waals surface area contributed by atoms with Gasteiger partial charge in [0.05, 0.1) is 19.1 Å². The average Bonchev–Trinajstić information content (AvgIpc) is 2.39. The van der Waals surface area contributed by atoms with Gasteiger partial charge in [-0.15, -0.1) is 0 Å². The van der Waals surface area contributed by atoms with E-state index in [1.807, 2.05) is 6.07 Å². The smallest absolute Gasteiger partial charge is 0.305 e. The maximum absolute atomic E-state index is 11.6. The molecule has 1 aromatic carbocycles. The number of carboxylic acid groups (broad SMARTS) is 1. The van der Waals surface area contributed by atoms with Gasteiger partial charge in [0.25, 0.3) is 0 Å². The highest BCUT2D eigenvalue weighted by Gasteiger charge is 2.17. The summed E-state index contributed by atoms with van der Waals surface area (Å²) < 4.78 is 5.00. The molecule has 1 unspecified atom stereocenters. The Bertz CT molecular complexity index is 408. The van der Waals surface area contributed by atoms with Crippen LogP contribution in [0.2, 0.25) is 0 Å². The molecule has 1 amide bonds. The van der Waals surface area contributed by atoms with E-state index in [1.54, 1.807) is 24.3 Å². The number of nitrogens with one attached hydrogen (secondary N) is 1. The SMILES string of the molecule is NCCOCC(=O)NC(CC(=O)O)c1ccccc1. The summed E-state index contributed by atoms with van der Waals surface area (Å²) in [4.78, 5) is 22.4. The van der Waals surface area contributed by atoms with Crippen molar-refractivity contribution in [1.29, 1.82) is 0 Å². The number of aliphatic carboxylic acids is 1. The summed E-state index contributed by atoms with van der Waals surface area (Å²) in [5, 5.41) is 11.5. The zero-order chi connectivity index (χ0) is 14.1. The molecule has 4 N–H and O–H groups in total. The van der Waals surface area contributed by atoms with E-state index in [9.17, 15) is 9.59 Å². The molecule has 0 fully saturated rings. The highest BCUT2D eigenvalue weighted by atomic mass is 16.5. The van der Waals surface area contributed by atoms with Gasteiger partial charge in [-0.2, -0.15) is 0 Å². The van der Waals surface area contributed by atoms with Crippen molar-refractivity contribution in [2.24, 2.45) is 5.73 Å². The predicted molar refractivity (Wildman–Crippen MR) is 69.5 cm³/mol. The lowest BCUT2D eigenvalue weighted by Crippen LogP contribution is -2.33. The number of amides is 1. The summed E-state index contributed by atoms with van der Waals surface area (Å²) in [5.74, 6) is -1.33. The van der Waals surface area contributed by atoms with Crippen LogP contribution in [0.4, 0.5) is 0 Å². The number of rotatable bonds is 8. The molecule has 0 aliphatic carbocycles. The first-order valence-corrected chi connectivity index (χ1v) is 5.97. The Morgan fingerprint density at radius 2 is 2.00 bits per heavy atom. The van der Waals surface area contributed by atoms with Gasteiger partial charge >= 0.3 is 5.97 Å². The second kappa shape index (κ2) is 8.23. The molecule has 1 atom stereocenters. The molecule has 1 rings (SSSR count). The quantitative estimate of drug-likeness (QED) is 0.587. The molecule has 1 aromatic rings. The van der Waals surface area contributed by atoms with Crippen LogP contribution in [0, 0.1) is 0 Å². The minimum Gasteiger partial charge on any atom is -0.481 e. The normalized spacial score (nSPS) is 11.8. The number of benzene rings is 1. The summed E-state index contributed by atoms with van der Waals surface area (Å²) in [6.45, 7) is 0.507. The molecular formula is C13H18N2O4. The minimum absolute atomic E-state index is 0.125. The van der Waals surface area contributed by atoms with Crippen molar-refractivity contribution >= 4 is 11.9 Å². The molecule has 0 saturated carbocycles. The van der Waals surface area contributed by atoms with Gasteiger partial charge in [-0.05, 0) is 5.56 Å². The minimum atomic E-state index is -0.975. The summed E-state index contributed by atoms with van der Waals surface area (Å²) >= 11 is 0. The fraction of sp³-hybridized carbons (Fsp3) is 0.385. The van der Waals surface area contributed by atoms with E-state index < -0.39 is 12.0 Å². The lowest BCUT2D eigenvalue weighted by Gasteiger charge is -2.17. The van der Waals surface area contributed by atoms with Crippen LogP contribution in [-0.2, 0) is 14.3 Å². The first-order valence-electron chi connectivity index (χ1n) is 5.97. The van der Waals surface area contributed by atoms with Crippen molar-refractivity contribution in [2.75, 3.05) is 19.8 Å². The Balaban J connectivity index is 2.60. The lowest BCUT2D eigenvalue weighted by molar-refractivity contribution is -0.138. The summed E-state index contributed by atoms with van der Waals surface area (Å²) in [5.41, 5.74) is 5.99. The van der Waals surface area contributed by atoms with Crippen LogP contribution < -0.4 is 11.1 Å². The third kappa shape index (κ3) is 5.98. The summed E-state index contributed by atoms with van der Waals surface area (Å²) in [6.07, 6.45) is -0.174. The number of carbonyl (C=O) groups excluding carboxylic acids is 1. The Hall–Kier alpha value is -1.92. The van der Waals surface area contributed by atoms with Crippen molar-refractivity contribution in [3.63, 3.8) is 0 Å². The van der Waals surface area contributed by atoms with Gasteiger partial charge in [0, 0.05) is 6.54 Å². The van der Waals surface area contributed by atoms with Gasteiger partial charge < -0.3 is 20.9 Å². The van der Waals surface area contributed by atoms with E-state index >= 15 is 0 Å². The van der Waals surface area contributed by atoms with Crippen molar-refractivity contribution < 1.29 is 19.4 Å². The van der Waals surface area contributed by atoms with Crippen LogP contribution in [0.3, 0.4) is 0 Å². The topological polar surface area (TPSA) is 102 Å². The van der Waals surface area contributed by atoms with Crippen LogP contribution in [0.1, 0.15) is 18.0 Å². The molecular weight excluding hydrogens is 248 g/mol. The molecule has 0 aliphatic heterocycles. The highest BCUT2D eigenvalue weighted by molar-refractivity contribution is 5.78. The molecule has 0 spiro atoms.